The molecule has 0 saturated carbocycles. The standard InChI is InChI=1S/C33H29N3O6S2/c1-25-10-8-9-15-32(25)35-43(38,39)30-22-16-26(17-23-30)34-33(37)24-36(44(40,41)31-13-6-3-7-14-31)27-18-20-29(21-19-27)42-28-11-4-2-5-12-28/h2-23,35H,24H2,1H3,(H,34,37). The van der Waals surface area contributed by atoms with Crippen molar-refractivity contribution in [1.82, 2.24) is 0 Å². The van der Waals surface area contributed by atoms with Crippen LogP contribution in [-0.4, -0.2) is 29.3 Å². The van der Waals surface area contributed by atoms with Gasteiger partial charge in [-0.25, -0.2) is 16.8 Å². The number of hydrogen-bond acceptors (Lipinski definition) is 6. The van der Waals surface area contributed by atoms with Gasteiger partial charge in [-0.3, -0.25) is 13.8 Å². The summed E-state index contributed by atoms with van der Waals surface area (Å²) in [6.07, 6.45) is 0. The third-order valence-corrected chi connectivity index (χ3v) is 9.73. The highest BCUT2D eigenvalue weighted by Gasteiger charge is 2.27. The van der Waals surface area contributed by atoms with E-state index in [9.17, 15) is 21.6 Å². The zero-order chi connectivity index (χ0) is 31.2. The number of aryl methyl sites for hydroxylation is 1. The molecule has 0 aliphatic carbocycles. The molecule has 5 aromatic rings. The van der Waals surface area contributed by atoms with Crippen LogP contribution in [0.25, 0.3) is 0 Å². The summed E-state index contributed by atoms with van der Waals surface area (Å²) in [6, 6.07) is 35.9. The van der Waals surface area contributed by atoms with Crippen LogP contribution in [0.1, 0.15) is 5.56 Å². The molecule has 0 heterocycles. The Labute approximate surface area is 256 Å². The Bertz CT molecular complexity index is 1950. The van der Waals surface area contributed by atoms with Crippen LogP contribution in [0.3, 0.4) is 0 Å². The summed E-state index contributed by atoms with van der Waals surface area (Å²) in [7, 11) is -8.00. The quantitative estimate of drug-likeness (QED) is 0.174. The van der Waals surface area contributed by atoms with E-state index in [1.165, 1.54) is 36.4 Å². The molecule has 0 aromatic heterocycles. The van der Waals surface area contributed by atoms with Gasteiger partial charge in [-0.2, -0.15) is 0 Å². The van der Waals surface area contributed by atoms with Gasteiger partial charge >= 0.3 is 0 Å². The third-order valence-electron chi connectivity index (χ3n) is 6.56. The fraction of sp³-hybridized carbons (Fsp3) is 0.0606. The normalized spacial score (nSPS) is 11.4. The number of ether oxygens (including phenoxy) is 1. The van der Waals surface area contributed by atoms with Crippen molar-refractivity contribution in [2.45, 2.75) is 16.7 Å². The minimum absolute atomic E-state index is 0.00449. The van der Waals surface area contributed by atoms with Crippen molar-refractivity contribution in [2.24, 2.45) is 0 Å². The lowest BCUT2D eigenvalue weighted by Gasteiger charge is -2.24. The van der Waals surface area contributed by atoms with Crippen LogP contribution >= 0.6 is 0 Å². The Morgan fingerprint density at radius 1 is 0.659 bits per heavy atom. The van der Waals surface area contributed by atoms with Crippen LogP contribution in [0.15, 0.2) is 143 Å². The van der Waals surface area contributed by atoms with Gasteiger partial charge in [0.05, 0.1) is 21.2 Å². The van der Waals surface area contributed by atoms with Crippen molar-refractivity contribution in [1.29, 1.82) is 0 Å². The molecule has 0 atom stereocenters. The van der Waals surface area contributed by atoms with E-state index in [1.54, 1.807) is 79.7 Å². The van der Waals surface area contributed by atoms with Crippen molar-refractivity contribution in [2.75, 3.05) is 20.9 Å². The smallest absolute Gasteiger partial charge is 0.264 e. The molecular weight excluding hydrogens is 599 g/mol. The van der Waals surface area contributed by atoms with Gasteiger partial charge in [-0.15, -0.1) is 0 Å². The van der Waals surface area contributed by atoms with Crippen molar-refractivity contribution >= 4 is 43.0 Å². The van der Waals surface area contributed by atoms with E-state index in [1.807, 2.05) is 24.3 Å². The molecule has 1 amide bonds. The van der Waals surface area contributed by atoms with Crippen molar-refractivity contribution in [3.05, 3.63) is 139 Å². The molecule has 5 aromatic carbocycles. The summed E-state index contributed by atoms with van der Waals surface area (Å²) in [5.41, 5.74) is 1.79. The molecule has 224 valence electrons. The maximum atomic E-state index is 13.7. The fourth-order valence-corrected chi connectivity index (χ4v) is 6.85. The molecule has 0 unspecified atom stereocenters. The second kappa shape index (κ2) is 13.0. The minimum atomic E-state index is -4.13. The first-order chi connectivity index (χ1) is 21.1. The summed E-state index contributed by atoms with van der Waals surface area (Å²) in [5, 5.41) is 2.66. The van der Waals surface area contributed by atoms with E-state index in [2.05, 4.69) is 10.0 Å². The van der Waals surface area contributed by atoms with Crippen LogP contribution in [0.5, 0.6) is 11.5 Å². The molecule has 0 aliphatic heterocycles. The number of sulfonamides is 2. The Morgan fingerprint density at radius 3 is 1.86 bits per heavy atom. The molecular formula is C33H29N3O6S2. The zero-order valence-electron chi connectivity index (χ0n) is 23.6. The molecule has 11 heteroatoms. The Hall–Kier alpha value is -5.13. The molecule has 2 N–H and O–H groups in total. The lowest BCUT2D eigenvalue weighted by Crippen LogP contribution is -2.38. The number of nitrogens with one attached hydrogen (secondary N) is 2. The van der Waals surface area contributed by atoms with E-state index in [0.717, 1.165) is 9.87 Å². The van der Waals surface area contributed by atoms with Crippen LogP contribution < -0.4 is 19.1 Å². The molecule has 0 aliphatic rings. The highest BCUT2D eigenvalue weighted by molar-refractivity contribution is 7.93. The summed E-state index contributed by atoms with van der Waals surface area (Å²) in [4.78, 5) is 13.2. The molecule has 5 rings (SSSR count). The first-order valence-electron chi connectivity index (χ1n) is 13.5. The Kier molecular flexibility index (Phi) is 8.98. The number of rotatable bonds is 11. The number of nitrogens with zero attached hydrogens (tertiary/aromatic N) is 1. The van der Waals surface area contributed by atoms with Gasteiger partial charge < -0.3 is 10.1 Å². The fourth-order valence-electron chi connectivity index (χ4n) is 4.28. The number of amides is 1. The predicted octanol–water partition coefficient (Wildman–Crippen LogP) is 6.42. The molecule has 0 spiro atoms. The highest BCUT2D eigenvalue weighted by atomic mass is 32.2. The molecule has 44 heavy (non-hydrogen) atoms. The van der Waals surface area contributed by atoms with Crippen LogP contribution in [0, 0.1) is 6.92 Å². The van der Waals surface area contributed by atoms with Gasteiger partial charge in [0.2, 0.25) is 5.91 Å². The average Bonchev–Trinajstić information content (AvgIpc) is 3.02. The zero-order valence-corrected chi connectivity index (χ0v) is 25.3. The van der Waals surface area contributed by atoms with Gasteiger partial charge in [-0.1, -0.05) is 54.6 Å². The SMILES string of the molecule is Cc1ccccc1NS(=O)(=O)c1ccc(NC(=O)CN(c2ccc(Oc3ccccc3)cc2)S(=O)(=O)c2ccccc2)cc1. The van der Waals surface area contributed by atoms with Gasteiger partial charge in [0.25, 0.3) is 20.0 Å². The highest BCUT2D eigenvalue weighted by Crippen LogP contribution is 2.28. The average molecular weight is 628 g/mol. The number of para-hydroxylation sites is 2. The summed E-state index contributed by atoms with van der Waals surface area (Å²) in [5.74, 6) is 0.495. The Balaban J connectivity index is 1.34. The van der Waals surface area contributed by atoms with Crippen molar-refractivity contribution < 1.29 is 26.4 Å². The number of anilines is 3. The summed E-state index contributed by atoms with van der Waals surface area (Å²) >= 11 is 0. The maximum Gasteiger partial charge on any atom is 0.264 e. The molecule has 0 bridgehead atoms. The van der Waals surface area contributed by atoms with Crippen molar-refractivity contribution in [3.63, 3.8) is 0 Å². The molecule has 0 radical (unpaired) electrons. The largest absolute Gasteiger partial charge is 0.457 e. The lowest BCUT2D eigenvalue weighted by atomic mass is 10.2. The van der Waals surface area contributed by atoms with Crippen LogP contribution in [-0.2, 0) is 24.8 Å². The van der Waals surface area contributed by atoms with E-state index in [4.69, 9.17) is 4.74 Å². The van der Waals surface area contributed by atoms with E-state index >= 15 is 0 Å². The molecule has 0 fully saturated rings. The van der Waals surface area contributed by atoms with E-state index in [-0.39, 0.29) is 15.5 Å². The maximum absolute atomic E-state index is 13.7. The van der Waals surface area contributed by atoms with Crippen LogP contribution in [0.2, 0.25) is 0 Å². The first kappa shape index (κ1) is 30.3. The second-order valence-electron chi connectivity index (χ2n) is 9.73. The number of carbonyl (C=O) groups excluding carboxylic acids is 1. The van der Waals surface area contributed by atoms with Gasteiger partial charge in [-0.05, 0) is 91.3 Å². The third kappa shape index (κ3) is 7.25. The number of carbonyl (C=O) groups is 1. The summed E-state index contributed by atoms with van der Waals surface area (Å²) < 4.78 is 62.5. The van der Waals surface area contributed by atoms with E-state index < -0.39 is 32.5 Å². The Morgan fingerprint density at radius 2 is 1.23 bits per heavy atom. The summed E-state index contributed by atoms with van der Waals surface area (Å²) in [6.45, 7) is 1.26. The molecule has 9 nitrogen and oxygen atoms in total. The second-order valence-corrected chi connectivity index (χ2v) is 13.3. The van der Waals surface area contributed by atoms with E-state index in [0.29, 0.717) is 22.9 Å². The minimum Gasteiger partial charge on any atom is -0.457 e. The van der Waals surface area contributed by atoms with Gasteiger partial charge in [0.1, 0.15) is 18.0 Å². The van der Waals surface area contributed by atoms with Crippen molar-refractivity contribution in [3.8, 4) is 11.5 Å². The molecule has 0 saturated heterocycles. The first-order valence-corrected chi connectivity index (χ1v) is 16.4. The van der Waals surface area contributed by atoms with Gasteiger partial charge in [0.15, 0.2) is 0 Å². The predicted molar refractivity (Wildman–Crippen MR) is 171 cm³/mol. The van der Waals surface area contributed by atoms with Crippen LogP contribution in [0.4, 0.5) is 17.1 Å². The topological polar surface area (TPSA) is 122 Å². The van der Waals surface area contributed by atoms with Gasteiger partial charge in [0, 0.05) is 5.69 Å². The number of hydrogen-bond donors (Lipinski definition) is 2. The lowest BCUT2D eigenvalue weighted by molar-refractivity contribution is -0.114. The number of benzene rings is 5. The monoisotopic (exact) mass is 627 g/mol.